The lowest BCUT2D eigenvalue weighted by Gasteiger charge is -2.27. The molecule has 0 spiro atoms. The average molecular weight is 314 g/mol. The van der Waals surface area contributed by atoms with Gasteiger partial charge in [-0.2, -0.15) is 0 Å². The van der Waals surface area contributed by atoms with E-state index in [1.807, 2.05) is 24.0 Å². The summed E-state index contributed by atoms with van der Waals surface area (Å²) < 4.78 is 28.3. The summed E-state index contributed by atoms with van der Waals surface area (Å²) in [6, 6.07) is 3.51. The van der Waals surface area contributed by atoms with E-state index in [0.717, 1.165) is 12.3 Å². The highest BCUT2D eigenvalue weighted by molar-refractivity contribution is 7.91. The van der Waals surface area contributed by atoms with Crippen molar-refractivity contribution in [2.45, 2.75) is 25.9 Å². The largest absolute Gasteiger partial charge is 0.468 e. The van der Waals surface area contributed by atoms with Gasteiger partial charge in [-0.15, -0.1) is 0 Å². The van der Waals surface area contributed by atoms with Gasteiger partial charge in [-0.1, -0.05) is 6.92 Å². The Morgan fingerprint density at radius 3 is 2.76 bits per heavy atom. The van der Waals surface area contributed by atoms with E-state index in [0.29, 0.717) is 13.0 Å². The molecule has 1 saturated heterocycles. The van der Waals surface area contributed by atoms with Crippen LogP contribution in [0.2, 0.25) is 0 Å². The zero-order valence-electron chi connectivity index (χ0n) is 12.5. The van der Waals surface area contributed by atoms with Crippen LogP contribution in [0.25, 0.3) is 0 Å². The lowest BCUT2D eigenvalue weighted by molar-refractivity contribution is -0.132. The molecule has 6 nitrogen and oxygen atoms in total. The fourth-order valence-electron chi connectivity index (χ4n) is 2.49. The van der Waals surface area contributed by atoms with Gasteiger partial charge in [0.05, 0.1) is 30.9 Å². The minimum Gasteiger partial charge on any atom is -0.468 e. The van der Waals surface area contributed by atoms with E-state index >= 15 is 0 Å². The molecule has 118 valence electrons. The topological polar surface area (TPSA) is 70.8 Å². The number of hydrogen-bond acceptors (Lipinski definition) is 5. The van der Waals surface area contributed by atoms with E-state index in [9.17, 15) is 13.2 Å². The van der Waals surface area contributed by atoms with E-state index in [1.165, 1.54) is 0 Å². The van der Waals surface area contributed by atoms with Gasteiger partial charge >= 0.3 is 0 Å². The van der Waals surface area contributed by atoms with Crippen LogP contribution in [0, 0.1) is 0 Å². The average Bonchev–Trinajstić information content (AvgIpc) is 3.06. The third kappa shape index (κ3) is 4.31. The van der Waals surface area contributed by atoms with Crippen LogP contribution in [0.3, 0.4) is 0 Å². The summed E-state index contributed by atoms with van der Waals surface area (Å²) in [6.45, 7) is 3.55. The van der Waals surface area contributed by atoms with Crippen molar-refractivity contribution in [3.8, 4) is 0 Å². The fraction of sp³-hybridized carbons (Fsp3) is 0.643. The molecule has 2 rings (SSSR count). The maximum absolute atomic E-state index is 12.3. The van der Waals surface area contributed by atoms with E-state index in [4.69, 9.17) is 4.42 Å². The molecule has 0 unspecified atom stereocenters. The van der Waals surface area contributed by atoms with E-state index in [1.54, 1.807) is 18.2 Å². The molecule has 0 radical (unpaired) electrons. The van der Waals surface area contributed by atoms with Gasteiger partial charge in [0.15, 0.2) is 9.84 Å². The Morgan fingerprint density at radius 2 is 2.24 bits per heavy atom. The molecular formula is C14H22N2O4S. The molecule has 7 heteroatoms. The number of rotatable bonds is 6. The number of furan rings is 1. The van der Waals surface area contributed by atoms with Gasteiger partial charge in [0.25, 0.3) is 0 Å². The van der Waals surface area contributed by atoms with Crippen LogP contribution in [-0.2, 0) is 21.2 Å². The van der Waals surface area contributed by atoms with Crippen molar-refractivity contribution < 1.29 is 17.6 Å². The zero-order chi connectivity index (χ0) is 15.5. The first kappa shape index (κ1) is 16.0. The lowest BCUT2D eigenvalue weighted by atomic mass is 10.2. The maximum Gasteiger partial charge on any atom is 0.236 e. The second-order valence-electron chi connectivity index (χ2n) is 5.44. The van der Waals surface area contributed by atoms with Crippen LogP contribution < -0.4 is 0 Å². The number of carbonyl (C=O) groups is 1. The Balaban J connectivity index is 1.90. The molecule has 0 bridgehead atoms. The molecule has 1 aliphatic heterocycles. The van der Waals surface area contributed by atoms with Crippen molar-refractivity contribution in [3.05, 3.63) is 24.2 Å². The summed E-state index contributed by atoms with van der Waals surface area (Å²) in [6.07, 6.45) is 2.15. The van der Waals surface area contributed by atoms with Gasteiger partial charge in [-0.3, -0.25) is 9.69 Å². The Morgan fingerprint density at radius 1 is 1.48 bits per heavy atom. The van der Waals surface area contributed by atoms with Gasteiger partial charge in [-0.05, 0) is 25.1 Å². The predicted octanol–water partition coefficient (Wildman–Crippen LogP) is 0.747. The molecule has 1 fully saturated rings. The maximum atomic E-state index is 12.3. The van der Waals surface area contributed by atoms with E-state index < -0.39 is 9.84 Å². The van der Waals surface area contributed by atoms with Crippen LogP contribution >= 0.6 is 0 Å². The second-order valence-corrected chi connectivity index (χ2v) is 7.67. The number of sulfone groups is 1. The highest BCUT2D eigenvalue weighted by atomic mass is 32.2. The molecule has 1 aromatic rings. The highest BCUT2D eigenvalue weighted by Gasteiger charge is 2.32. The first-order valence-electron chi connectivity index (χ1n) is 7.12. The molecule has 1 amide bonds. The van der Waals surface area contributed by atoms with Crippen LogP contribution in [-0.4, -0.2) is 61.8 Å². The van der Waals surface area contributed by atoms with Crippen molar-refractivity contribution in [2.24, 2.45) is 0 Å². The summed E-state index contributed by atoms with van der Waals surface area (Å²) in [7, 11) is -1.28. The number of nitrogens with zero attached hydrogens (tertiary/aromatic N) is 2. The zero-order valence-corrected chi connectivity index (χ0v) is 13.3. The van der Waals surface area contributed by atoms with Crippen molar-refractivity contribution in [1.29, 1.82) is 0 Å². The summed E-state index contributed by atoms with van der Waals surface area (Å²) in [5.41, 5.74) is 0. The highest BCUT2D eigenvalue weighted by Crippen LogP contribution is 2.17. The fourth-order valence-corrected chi connectivity index (χ4v) is 4.26. The molecule has 0 saturated carbocycles. The molecule has 21 heavy (non-hydrogen) atoms. The monoisotopic (exact) mass is 314 g/mol. The van der Waals surface area contributed by atoms with Crippen LogP contribution in [0.1, 0.15) is 19.1 Å². The number of likely N-dealkylation sites (N-methyl/N-ethyl adjacent to an activating group) is 2. The molecule has 0 aromatic carbocycles. The quantitative estimate of drug-likeness (QED) is 0.775. The molecule has 1 aromatic heterocycles. The van der Waals surface area contributed by atoms with Crippen molar-refractivity contribution in [2.75, 3.05) is 31.6 Å². The third-order valence-corrected chi connectivity index (χ3v) is 5.67. The summed E-state index contributed by atoms with van der Waals surface area (Å²) >= 11 is 0. The smallest absolute Gasteiger partial charge is 0.236 e. The summed E-state index contributed by atoms with van der Waals surface area (Å²) in [5.74, 6) is 1.03. The summed E-state index contributed by atoms with van der Waals surface area (Å²) in [5, 5.41) is 0. The minimum absolute atomic E-state index is 0.0505. The number of amides is 1. The van der Waals surface area contributed by atoms with Crippen LogP contribution in [0.5, 0.6) is 0 Å². The first-order chi connectivity index (χ1) is 9.91. The van der Waals surface area contributed by atoms with Crippen molar-refractivity contribution >= 4 is 15.7 Å². The van der Waals surface area contributed by atoms with Crippen LogP contribution in [0.15, 0.2) is 22.8 Å². The Kier molecular flexibility index (Phi) is 5.05. The van der Waals surface area contributed by atoms with Gasteiger partial charge in [-0.25, -0.2) is 8.42 Å². The number of carbonyl (C=O) groups excluding carboxylic acids is 1. The first-order valence-corrected chi connectivity index (χ1v) is 8.94. The molecule has 1 aliphatic rings. The summed E-state index contributed by atoms with van der Waals surface area (Å²) in [4.78, 5) is 15.8. The van der Waals surface area contributed by atoms with E-state index in [2.05, 4.69) is 0 Å². The minimum atomic E-state index is -2.97. The molecule has 2 heterocycles. The second kappa shape index (κ2) is 6.62. The third-order valence-electron chi connectivity index (χ3n) is 3.92. The Labute approximate surface area is 125 Å². The van der Waals surface area contributed by atoms with Gasteiger partial charge < -0.3 is 9.32 Å². The van der Waals surface area contributed by atoms with Gasteiger partial charge in [0, 0.05) is 13.1 Å². The molecule has 1 atom stereocenters. The number of hydrogen-bond donors (Lipinski definition) is 0. The van der Waals surface area contributed by atoms with Gasteiger partial charge in [0.1, 0.15) is 5.76 Å². The standard InChI is InChI=1S/C14H22N2O4S/c1-3-16(9-13-5-4-7-20-13)10-14(17)15(2)12-6-8-21(18,19)11-12/h4-5,7,12H,3,6,8-11H2,1-2H3/t12-/m1/s1. The van der Waals surface area contributed by atoms with Gasteiger partial charge in [0.2, 0.25) is 5.91 Å². The molecule has 0 aliphatic carbocycles. The van der Waals surface area contributed by atoms with E-state index in [-0.39, 0.29) is 30.0 Å². The molecule has 0 N–H and O–H groups in total. The lowest BCUT2D eigenvalue weighted by Crippen LogP contribution is -2.43. The Bertz CT molecular complexity index is 568. The van der Waals surface area contributed by atoms with Crippen LogP contribution in [0.4, 0.5) is 0 Å². The molecular weight excluding hydrogens is 292 g/mol. The predicted molar refractivity (Wildman–Crippen MR) is 79.5 cm³/mol. The van der Waals surface area contributed by atoms with Crippen molar-refractivity contribution in [1.82, 2.24) is 9.80 Å². The Hall–Kier alpha value is -1.34. The van der Waals surface area contributed by atoms with Crippen molar-refractivity contribution in [3.63, 3.8) is 0 Å². The normalized spacial score (nSPS) is 20.8. The SMILES string of the molecule is CCN(CC(=O)N(C)[C@@H]1CCS(=O)(=O)C1)Cc1ccco1.